The van der Waals surface area contributed by atoms with Gasteiger partial charge in [-0.25, -0.2) is 0 Å². The number of aliphatic carboxylic acids is 1. The monoisotopic (exact) mass is 336 g/mol. The number of carbonyl (C=O) groups is 2. The van der Waals surface area contributed by atoms with E-state index in [1.54, 1.807) is 0 Å². The number of Topliss-reactive ketones (excluding diaryl/α,β-unsaturated/α-hetero) is 1. The Hall–Kier alpha value is -1.32. The summed E-state index contributed by atoms with van der Waals surface area (Å²) in [4.78, 5) is 22.8. The minimum Gasteiger partial charge on any atom is -0.494 e. The van der Waals surface area contributed by atoms with Crippen LogP contribution in [0.5, 0.6) is 0 Å². The van der Waals surface area contributed by atoms with Gasteiger partial charge in [-0.2, -0.15) is 0 Å². The molecule has 1 N–H and O–H groups in total. The number of rotatable bonds is 11. The minimum atomic E-state index is -0.718. The predicted octanol–water partition coefficient (Wildman–Crippen LogP) is 4.87. The Balaban J connectivity index is 1.71. The Labute approximate surface area is 145 Å². The maximum Gasteiger partial charge on any atom is 0.303 e. The molecule has 4 nitrogen and oxygen atoms in total. The predicted molar refractivity (Wildman–Crippen MR) is 93.7 cm³/mol. The van der Waals surface area contributed by atoms with Gasteiger partial charge in [0.1, 0.15) is 11.9 Å². The quantitative estimate of drug-likeness (QED) is 0.547. The van der Waals surface area contributed by atoms with Gasteiger partial charge in [0.05, 0.1) is 5.76 Å². The van der Waals surface area contributed by atoms with Crippen molar-refractivity contribution in [3.05, 3.63) is 11.8 Å². The summed E-state index contributed by atoms with van der Waals surface area (Å²) in [5.74, 6) is 1.28. The van der Waals surface area contributed by atoms with Crippen LogP contribution in [0.2, 0.25) is 0 Å². The molecule has 3 unspecified atom stereocenters. The van der Waals surface area contributed by atoms with Crippen LogP contribution in [0.1, 0.15) is 84.0 Å². The maximum atomic E-state index is 12.3. The molecule has 2 aliphatic rings. The minimum absolute atomic E-state index is 0.108. The molecule has 0 aromatic rings. The molecule has 1 heterocycles. The van der Waals surface area contributed by atoms with E-state index in [2.05, 4.69) is 13.0 Å². The van der Waals surface area contributed by atoms with E-state index < -0.39 is 5.97 Å². The zero-order valence-electron chi connectivity index (χ0n) is 15.0. The van der Waals surface area contributed by atoms with Gasteiger partial charge in [0.15, 0.2) is 0 Å². The number of carboxylic acid groups (broad SMARTS) is 1. The van der Waals surface area contributed by atoms with E-state index in [9.17, 15) is 9.59 Å². The fourth-order valence-corrected chi connectivity index (χ4v) is 4.03. The zero-order chi connectivity index (χ0) is 17.4. The third-order valence-electron chi connectivity index (χ3n) is 5.41. The molecule has 1 aliphatic carbocycles. The van der Waals surface area contributed by atoms with Crippen molar-refractivity contribution in [1.29, 1.82) is 0 Å². The Kier molecular flexibility index (Phi) is 7.80. The van der Waals surface area contributed by atoms with Crippen molar-refractivity contribution in [2.24, 2.45) is 11.8 Å². The van der Waals surface area contributed by atoms with Crippen molar-refractivity contribution in [3.63, 3.8) is 0 Å². The summed E-state index contributed by atoms with van der Waals surface area (Å²) in [5.41, 5.74) is 0. The van der Waals surface area contributed by atoms with Crippen molar-refractivity contribution in [3.8, 4) is 0 Å². The molecule has 24 heavy (non-hydrogen) atoms. The average Bonchev–Trinajstić information content (AvgIpc) is 2.85. The van der Waals surface area contributed by atoms with Gasteiger partial charge in [0.25, 0.3) is 0 Å². The molecular formula is C20H32O4. The fraction of sp³-hybridized carbons (Fsp3) is 0.800. The fourth-order valence-electron chi connectivity index (χ4n) is 4.03. The molecule has 4 heteroatoms. The van der Waals surface area contributed by atoms with Crippen LogP contribution in [0.3, 0.4) is 0 Å². The van der Waals surface area contributed by atoms with Crippen molar-refractivity contribution in [2.45, 2.75) is 90.1 Å². The first-order valence-electron chi connectivity index (χ1n) is 9.72. The largest absolute Gasteiger partial charge is 0.494 e. The molecule has 136 valence electrons. The summed E-state index contributed by atoms with van der Waals surface area (Å²) < 4.78 is 6.10. The number of fused-ring (bicyclic) bond motifs is 1. The number of carboxylic acids is 1. The summed E-state index contributed by atoms with van der Waals surface area (Å²) in [6.07, 6.45) is 13.5. The molecule has 0 bridgehead atoms. The van der Waals surface area contributed by atoms with Crippen molar-refractivity contribution in [2.75, 3.05) is 0 Å². The number of hydrogen-bond acceptors (Lipinski definition) is 3. The maximum absolute atomic E-state index is 12.3. The number of carbonyl (C=O) groups excluding carboxylic acids is 1. The molecule has 1 aliphatic heterocycles. The summed E-state index contributed by atoms with van der Waals surface area (Å²) in [6.45, 7) is 2.20. The molecule has 1 saturated carbocycles. The number of unbranched alkanes of at least 4 members (excludes halogenated alkanes) is 5. The summed E-state index contributed by atoms with van der Waals surface area (Å²) in [5, 5.41) is 8.63. The highest BCUT2D eigenvalue weighted by atomic mass is 16.5. The molecule has 2 rings (SSSR count). The van der Waals surface area contributed by atoms with Gasteiger partial charge < -0.3 is 9.84 Å². The first-order valence-corrected chi connectivity index (χ1v) is 9.72. The molecule has 0 spiro atoms. The Bertz CT molecular complexity index is 455. The second kappa shape index (κ2) is 9.85. The van der Waals surface area contributed by atoms with Gasteiger partial charge in [-0.15, -0.1) is 0 Å². The van der Waals surface area contributed by atoms with Crippen LogP contribution in [0, 0.1) is 11.8 Å². The lowest BCUT2D eigenvalue weighted by atomic mass is 9.85. The Morgan fingerprint density at radius 3 is 2.75 bits per heavy atom. The van der Waals surface area contributed by atoms with E-state index >= 15 is 0 Å². The first-order chi connectivity index (χ1) is 11.6. The molecule has 0 radical (unpaired) electrons. The van der Waals surface area contributed by atoms with Gasteiger partial charge in [-0.3, -0.25) is 9.59 Å². The van der Waals surface area contributed by atoms with Crippen LogP contribution in [-0.4, -0.2) is 23.0 Å². The van der Waals surface area contributed by atoms with Crippen molar-refractivity contribution >= 4 is 11.8 Å². The topological polar surface area (TPSA) is 63.6 Å². The second-order valence-corrected chi connectivity index (χ2v) is 7.31. The van der Waals surface area contributed by atoms with Crippen LogP contribution in [0.25, 0.3) is 0 Å². The molecule has 0 saturated heterocycles. The van der Waals surface area contributed by atoms with Gasteiger partial charge in [0.2, 0.25) is 0 Å². The van der Waals surface area contributed by atoms with Crippen molar-refractivity contribution in [1.82, 2.24) is 0 Å². The van der Waals surface area contributed by atoms with Gasteiger partial charge in [-0.1, -0.05) is 39.0 Å². The Morgan fingerprint density at radius 1 is 1.21 bits per heavy atom. The highest BCUT2D eigenvalue weighted by Gasteiger charge is 2.44. The van der Waals surface area contributed by atoms with Crippen LogP contribution in [-0.2, 0) is 14.3 Å². The van der Waals surface area contributed by atoms with Gasteiger partial charge >= 0.3 is 5.97 Å². The van der Waals surface area contributed by atoms with Crippen LogP contribution >= 0.6 is 0 Å². The standard InChI is InChI=1S/C20H32O4/c1-2-3-6-9-15-12-13-17-16(18(21)14-19(17)24-15)10-7-4-5-8-11-20(22)23/h12,16-17,19H,2-11,13-14H2,1H3,(H,22,23). The lowest BCUT2D eigenvalue weighted by Gasteiger charge is -2.29. The smallest absolute Gasteiger partial charge is 0.303 e. The van der Waals surface area contributed by atoms with Crippen molar-refractivity contribution < 1.29 is 19.4 Å². The third-order valence-corrected chi connectivity index (χ3v) is 5.41. The van der Waals surface area contributed by atoms with Gasteiger partial charge in [0, 0.05) is 31.1 Å². The molecule has 3 atom stereocenters. The van der Waals surface area contributed by atoms with E-state index in [-0.39, 0.29) is 18.4 Å². The highest BCUT2D eigenvalue weighted by molar-refractivity contribution is 5.84. The number of ketones is 1. The third kappa shape index (κ3) is 5.64. The van der Waals surface area contributed by atoms with Crippen LogP contribution in [0.4, 0.5) is 0 Å². The summed E-state index contributed by atoms with van der Waals surface area (Å²) in [7, 11) is 0. The number of allylic oxidation sites excluding steroid dienone is 2. The Morgan fingerprint density at radius 2 is 2.00 bits per heavy atom. The van der Waals surface area contributed by atoms with Gasteiger partial charge in [-0.05, 0) is 31.8 Å². The molecule has 0 aromatic carbocycles. The van der Waals surface area contributed by atoms with E-state index in [0.29, 0.717) is 18.1 Å². The first kappa shape index (κ1) is 19.0. The highest BCUT2D eigenvalue weighted by Crippen LogP contribution is 2.41. The molecule has 0 aromatic heterocycles. The SMILES string of the molecule is CCCCCC1=CCC2C(CC(=O)C2CCCCCCC(=O)O)O1. The van der Waals surface area contributed by atoms with E-state index in [1.165, 1.54) is 19.3 Å². The average molecular weight is 336 g/mol. The van der Waals surface area contributed by atoms with E-state index in [1.807, 2.05) is 0 Å². The number of hydrogen-bond donors (Lipinski definition) is 1. The van der Waals surface area contributed by atoms with E-state index in [4.69, 9.17) is 9.84 Å². The molecule has 1 fully saturated rings. The molecule has 0 amide bonds. The number of ether oxygens (including phenoxy) is 1. The van der Waals surface area contributed by atoms with Crippen LogP contribution in [0.15, 0.2) is 11.8 Å². The van der Waals surface area contributed by atoms with Crippen LogP contribution < -0.4 is 0 Å². The lowest BCUT2D eigenvalue weighted by Crippen LogP contribution is -2.26. The summed E-state index contributed by atoms with van der Waals surface area (Å²) in [6, 6.07) is 0. The lowest BCUT2D eigenvalue weighted by molar-refractivity contribution is -0.137. The van der Waals surface area contributed by atoms with E-state index in [0.717, 1.165) is 50.7 Å². The normalized spacial score (nSPS) is 26.0. The second-order valence-electron chi connectivity index (χ2n) is 7.31. The zero-order valence-corrected chi connectivity index (χ0v) is 15.0. The summed E-state index contributed by atoms with van der Waals surface area (Å²) >= 11 is 0. The molecular weight excluding hydrogens is 304 g/mol.